The smallest absolute Gasteiger partial charge is 0.0962 e. The van der Waals surface area contributed by atoms with Gasteiger partial charge in [-0.2, -0.15) is 0 Å². The van der Waals surface area contributed by atoms with Gasteiger partial charge in [-0.1, -0.05) is 12.2 Å². The molecule has 0 fully saturated rings. The number of hydrogen-bond acceptors (Lipinski definition) is 1. The Labute approximate surface area is 56.0 Å². The summed E-state index contributed by atoms with van der Waals surface area (Å²) in [5.41, 5.74) is 0. The van der Waals surface area contributed by atoms with Crippen molar-refractivity contribution in [3.8, 4) is 0 Å². The van der Waals surface area contributed by atoms with Gasteiger partial charge in [0.1, 0.15) is 0 Å². The van der Waals surface area contributed by atoms with E-state index in [1.807, 2.05) is 12.2 Å². The van der Waals surface area contributed by atoms with Crippen LogP contribution in [0.15, 0.2) is 24.0 Å². The van der Waals surface area contributed by atoms with Crippen LogP contribution in [0.5, 0.6) is 0 Å². The lowest BCUT2D eigenvalue weighted by Crippen LogP contribution is -1.93. The predicted octanol–water partition coefficient (Wildman–Crippen LogP) is 2.07. The van der Waals surface area contributed by atoms with Crippen LogP contribution in [-0.2, 0) is 4.74 Å². The third-order valence-electron chi connectivity index (χ3n) is 1.26. The summed E-state index contributed by atoms with van der Waals surface area (Å²) in [6.07, 6.45) is 8.29. The maximum atomic E-state index is 5.18. The number of rotatable bonds is 2. The lowest BCUT2D eigenvalue weighted by molar-refractivity contribution is 0.234. The average Bonchev–Trinajstić information content (AvgIpc) is 1.91. The summed E-state index contributed by atoms with van der Waals surface area (Å²) >= 11 is 0. The molecule has 1 nitrogen and oxygen atoms in total. The molecule has 1 rings (SSSR count). The van der Waals surface area contributed by atoms with Crippen LogP contribution in [0.2, 0.25) is 0 Å². The molecule has 0 amide bonds. The van der Waals surface area contributed by atoms with Crippen LogP contribution >= 0.6 is 0 Å². The molecule has 0 aliphatic heterocycles. The summed E-state index contributed by atoms with van der Waals surface area (Å²) in [5.74, 6) is 1.06. The average molecular weight is 123 g/mol. The molecule has 9 heavy (non-hydrogen) atoms. The van der Waals surface area contributed by atoms with Gasteiger partial charge in [0.05, 0.1) is 12.4 Å². The predicted molar refractivity (Wildman–Crippen MR) is 37.8 cm³/mol. The molecule has 0 spiro atoms. The van der Waals surface area contributed by atoms with E-state index >= 15 is 0 Å². The minimum atomic E-state index is 0.541. The van der Waals surface area contributed by atoms with Crippen molar-refractivity contribution < 1.29 is 4.74 Å². The Morgan fingerprint density at radius 2 is 2.56 bits per heavy atom. The zero-order chi connectivity index (χ0) is 6.53. The van der Waals surface area contributed by atoms with Crippen molar-refractivity contribution in [2.75, 3.05) is 6.61 Å². The summed E-state index contributed by atoms with van der Waals surface area (Å²) < 4.78 is 5.18. The van der Waals surface area contributed by atoms with E-state index in [9.17, 15) is 0 Å². The molecular formula is C8H11O. The van der Waals surface area contributed by atoms with Crippen LogP contribution in [0.1, 0.15) is 12.8 Å². The van der Waals surface area contributed by atoms with Crippen LogP contribution in [0.3, 0.4) is 0 Å². The Kier molecular flexibility index (Phi) is 2.37. The van der Waals surface area contributed by atoms with Crippen LogP contribution < -0.4 is 0 Å². The van der Waals surface area contributed by atoms with Gasteiger partial charge in [-0.3, -0.25) is 0 Å². The standard InChI is InChI=1S/C8H11O/c1-2-9-8-6-4-3-5-7-8/h3-4,6H,1-2,5,7H2. The van der Waals surface area contributed by atoms with E-state index in [0.29, 0.717) is 6.61 Å². The normalized spacial score (nSPS) is 17.2. The maximum Gasteiger partial charge on any atom is 0.0962 e. The molecule has 1 aliphatic rings. The minimum Gasteiger partial charge on any atom is -0.498 e. The van der Waals surface area contributed by atoms with Gasteiger partial charge in [-0.05, 0) is 19.4 Å². The summed E-state index contributed by atoms with van der Waals surface area (Å²) in [7, 11) is 0. The Bertz CT molecular complexity index is 134. The second-order valence-corrected chi connectivity index (χ2v) is 1.95. The minimum absolute atomic E-state index is 0.541. The van der Waals surface area contributed by atoms with Crippen molar-refractivity contribution in [2.45, 2.75) is 12.8 Å². The third kappa shape index (κ3) is 1.92. The SMILES string of the molecule is [CH2]COC1=CC=CCC1. The molecular weight excluding hydrogens is 112 g/mol. The largest absolute Gasteiger partial charge is 0.498 e. The van der Waals surface area contributed by atoms with Crippen molar-refractivity contribution in [2.24, 2.45) is 0 Å². The summed E-state index contributed by atoms with van der Waals surface area (Å²) in [6.45, 7) is 4.13. The summed E-state index contributed by atoms with van der Waals surface area (Å²) in [6, 6.07) is 0. The van der Waals surface area contributed by atoms with Crippen molar-refractivity contribution >= 4 is 0 Å². The highest BCUT2D eigenvalue weighted by molar-refractivity contribution is 5.12. The summed E-state index contributed by atoms with van der Waals surface area (Å²) in [4.78, 5) is 0. The first-order chi connectivity index (χ1) is 4.43. The highest BCUT2D eigenvalue weighted by Gasteiger charge is 1.96. The zero-order valence-electron chi connectivity index (χ0n) is 5.47. The van der Waals surface area contributed by atoms with Gasteiger partial charge >= 0.3 is 0 Å². The number of allylic oxidation sites excluding steroid dienone is 4. The van der Waals surface area contributed by atoms with Gasteiger partial charge in [0.15, 0.2) is 0 Å². The first-order valence-electron chi connectivity index (χ1n) is 3.21. The van der Waals surface area contributed by atoms with Gasteiger partial charge in [-0.25, -0.2) is 0 Å². The third-order valence-corrected chi connectivity index (χ3v) is 1.26. The molecule has 0 bridgehead atoms. The van der Waals surface area contributed by atoms with Gasteiger partial charge in [-0.15, -0.1) is 0 Å². The number of ether oxygens (including phenoxy) is 1. The lowest BCUT2D eigenvalue weighted by Gasteiger charge is -2.08. The van der Waals surface area contributed by atoms with Crippen LogP contribution in [0.25, 0.3) is 0 Å². The van der Waals surface area contributed by atoms with Crippen molar-refractivity contribution in [1.82, 2.24) is 0 Å². The first-order valence-corrected chi connectivity index (χ1v) is 3.21. The van der Waals surface area contributed by atoms with E-state index in [-0.39, 0.29) is 0 Å². The van der Waals surface area contributed by atoms with Crippen LogP contribution in [0.4, 0.5) is 0 Å². The van der Waals surface area contributed by atoms with E-state index in [1.165, 1.54) is 0 Å². The molecule has 1 aliphatic carbocycles. The van der Waals surface area contributed by atoms with Gasteiger partial charge in [0.25, 0.3) is 0 Å². The van der Waals surface area contributed by atoms with Crippen LogP contribution in [-0.4, -0.2) is 6.61 Å². The fourth-order valence-electron chi connectivity index (χ4n) is 0.832. The maximum absolute atomic E-state index is 5.18. The van der Waals surface area contributed by atoms with E-state index < -0.39 is 0 Å². The topological polar surface area (TPSA) is 9.23 Å². The monoisotopic (exact) mass is 123 g/mol. The molecule has 0 saturated heterocycles. The second kappa shape index (κ2) is 3.33. The molecule has 0 N–H and O–H groups in total. The van der Waals surface area contributed by atoms with E-state index in [2.05, 4.69) is 13.0 Å². The van der Waals surface area contributed by atoms with Gasteiger partial charge in [0, 0.05) is 6.42 Å². The van der Waals surface area contributed by atoms with Gasteiger partial charge in [0.2, 0.25) is 0 Å². The molecule has 49 valence electrons. The van der Waals surface area contributed by atoms with Crippen molar-refractivity contribution in [1.29, 1.82) is 0 Å². The Morgan fingerprint density at radius 3 is 3.11 bits per heavy atom. The van der Waals surface area contributed by atoms with E-state index in [1.54, 1.807) is 0 Å². The molecule has 0 saturated carbocycles. The van der Waals surface area contributed by atoms with Crippen molar-refractivity contribution in [3.05, 3.63) is 30.9 Å². The zero-order valence-corrected chi connectivity index (χ0v) is 5.47. The molecule has 0 aromatic carbocycles. The summed E-state index contributed by atoms with van der Waals surface area (Å²) in [5, 5.41) is 0. The number of hydrogen-bond donors (Lipinski definition) is 0. The van der Waals surface area contributed by atoms with E-state index in [0.717, 1.165) is 18.6 Å². The fourth-order valence-corrected chi connectivity index (χ4v) is 0.832. The Hall–Kier alpha value is -0.720. The molecule has 0 unspecified atom stereocenters. The van der Waals surface area contributed by atoms with Crippen LogP contribution in [0, 0.1) is 6.92 Å². The molecule has 0 atom stereocenters. The Morgan fingerprint density at radius 1 is 1.67 bits per heavy atom. The molecule has 0 heterocycles. The highest BCUT2D eigenvalue weighted by atomic mass is 16.5. The molecule has 1 heteroatoms. The quantitative estimate of drug-likeness (QED) is 0.546. The lowest BCUT2D eigenvalue weighted by atomic mass is 10.2. The molecule has 0 aromatic rings. The van der Waals surface area contributed by atoms with E-state index in [4.69, 9.17) is 4.74 Å². The second-order valence-electron chi connectivity index (χ2n) is 1.95. The Balaban J connectivity index is 2.38. The molecule has 0 aromatic heterocycles. The first kappa shape index (κ1) is 6.40. The molecule has 1 radical (unpaired) electrons. The van der Waals surface area contributed by atoms with Crippen molar-refractivity contribution in [3.63, 3.8) is 0 Å². The highest BCUT2D eigenvalue weighted by Crippen LogP contribution is 2.11. The fraction of sp³-hybridized carbons (Fsp3) is 0.375. The van der Waals surface area contributed by atoms with Gasteiger partial charge < -0.3 is 4.74 Å².